The minimum absolute atomic E-state index is 0.00611. The second kappa shape index (κ2) is 12.7. The van der Waals surface area contributed by atoms with E-state index in [0.29, 0.717) is 25.8 Å². The number of benzene rings is 3. The number of carbonyl (C=O) groups excluding carboxylic acids is 2. The molecule has 0 aliphatic heterocycles. The second-order valence-corrected chi connectivity index (χ2v) is 13.6. The second-order valence-electron chi connectivity index (χ2n) is 9.99. The number of nitrogens with one attached hydrogen (secondary N) is 1. The molecule has 11 heteroatoms. The van der Waals surface area contributed by atoms with Crippen molar-refractivity contribution in [1.82, 2.24) is 10.2 Å². The van der Waals surface area contributed by atoms with Gasteiger partial charge in [-0.25, -0.2) is 8.42 Å². The molecule has 1 N–H and O–H groups in total. The van der Waals surface area contributed by atoms with Crippen LogP contribution in [-0.2, 0) is 26.2 Å². The number of amides is 2. The van der Waals surface area contributed by atoms with E-state index in [1.807, 2.05) is 20.8 Å². The third kappa shape index (κ3) is 8.20. The molecule has 0 aromatic heterocycles. The number of rotatable bonds is 9. The largest absolute Gasteiger partial charge is 0.350 e. The minimum Gasteiger partial charge on any atom is -0.350 e. The predicted octanol–water partition coefficient (Wildman–Crippen LogP) is 6.28. The fourth-order valence-corrected chi connectivity index (χ4v) is 5.91. The Kier molecular flexibility index (Phi) is 10.1. The number of hydrogen-bond acceptors (Lipinski definition) is 4. The van der Waals surface area contributed by atoms with Gasteiger partial charge in [0.25, 0.3) is 10.0 Å². The van der Waals surface area contributed by atoms with Gasteiger partial charge in [-0.3, -0.25) is 13.9 Å². The Balaban J connectivity index is 2.04. The molecule has 0 unspecified atom stereocenters. The molecule has 3 aromatic carbocycles. The number of nitrogens with zero attached hydrogens (tertiary/aromatic N) is 2. The highest BCUT2D eigenvalue weighted by Gasteiger charge is 2.33. The molecule has 0 fully saturated rings. The number of carbonyl (C=O) groups is 2. The van der Waals surface area contributed by atoms with Gasteiger partial charge in [0.2, 0.25) is 11.8 Å². The van der Waals surface area contributed by atoms with Gasteiger partial charge in [0.15, 0.2) is 0 Å². The van der Waals surface area contributed by atoms with Crippen molar-refractivity contribution in [2.24, 2.45) is 0 Å². The van der Waals surface area contributed by atoms with E-state index >= 15 is 0 Å². The van der Waals surface area contributed by atoms with E-state index in [0.717, 1.165) is 4.31 Å². The van der Waals surface area contributed by atoms with Crippen molar-refractivity contribution in [3.8, 4) is 0 Å². The SMILES string of the molecule is C[C@H](C(=O)NC(C)(C)C)N(Cc1ccc(Cl)c(Cl)c1)C(=O)CN(c1cccc(Br)c1)S(=O)(=O)c1ccccc1. The zero-order chi connectivity index (χ0) is 29.0. The summed E-state index contributed by atoms with van der Waals surface area (Å²) in [5, 5.41) is 3.55. The highest BCUT2D eigenvalue weighted by Crippen LogP contribution is 2.28. The summed E-state index contributed by atoms with van der Waals surface area (Å²) < 4.78 is 29.2. The molecule has 7 nitrogen and oxygen atoms in total. The van der Waals surface area contributed by atoms with Crippen molar-refractivity contribution in [3.05, 3.63) is 92.9 Å². The fourth-order valence-electron chi connectivity index (χ4n) is 3.77. The summed E-state index contributed by atoms with van der Waals surface area (Å²) in [4.78, 5) is 28.4. The van der Waals surface area contributed by atoms with Gasteiger partial charge in [-0.05, 0) is 75.7 Å². The lowest BCUT2D eigenvalue weighted by Gasteiger charge is -2.33. The molecule has 0 aliphatic carbocycles. The van der Waals surface area contributed by atoms with Gasteiger partial charge in [0.05, 0.1) is 20.6 Å². The topological polar surface area (TPSA) is 86.8 Å². The molecule has 39 heavy (non-hydrogen) atoms. The maximum absolute atomic E-state index is 13.9. The van der Waals surface area contributed by atoms with Crippen LogP contribution in [0.3, 0.4) is 0 Å². The van der Waals surface area contributed by atoms with Crippen LogP contribution in [0.1, 0.15) is 33.3 Å². The minimum atomic E-state index is -4.13. The lowest BCUT2D eigenvalue weighted by molar-refractivity contribution is -0.140. The molecule has 1 atom stereocenters. The first-order chi connectivity index (χ1) is 18.2. The van der Waals surface area contributed by atoms with Crippen LogP contribution in [-0.4, -0.2) is 43.3 Å². The number of halogens is 3. The first-order valence-electron chi connectivity index (χ1n) is 12.1. The molecular weight excluding hydrogens is 625 g/mol. The number of anilines is 1. The average molecular weight is 655 g/mol. The van der Waals surface area contributed by atoms with Crippen molar-refractivity contribution in [2.75, 3.05) is 10.8 Å². The van der Waals surface area contributed by atoms with Crippen LogP contribution in [0.5, 0.6) is 0 Å². The van der Waals surface area contributed by atoms with Crippen LogP contribution in [0, 0.1) is 0 Å². The molecule has 0 spiro atoms. The van der Waals surface area contributed by atoms with Crippen LogP contribution in [0.4, 0.5) is 5.69 Å². The zero-order valence-corrected chi connectivity index (χ0v) is 25.9. The normalized spacial score (nSPS) is 12.5. The van der Waals surface area contributed by atoms with Crippen molar-refractivity contribution in [3.63, 3.8) is 0 Å². The molecule has 2 amide bonds. The molecule has 208 valence electrons. The molecular formula is C28H30BrCl2N3O4S. The summed E-state index contributed by atoms with van der Waals surface area (Å²) in [6.07, 6.45) is 0. The first-order valence-corrected chi connectivity index (χ1v) is 15.1. The van der Waals surface area contributed by atoms with E-state index in [9.17, 15) is 18.0 Å². The maximum atomic E-state index is 13.9. The Bertz CT molecular complexity index is 1450. The fraction of sp³-hybridized carbons (Fsp3) is 0.286. The molecule has 0 aliphatic rings. The van der Waals surface area contributed by atoms with Gasteiger partial charge in [-0.1, -0.05) is 69.5 Å². The van der Waals surface area contributed by atoms with E-state index < -0.39 is 34.1 Å². The highest BCUT2D eigenvalue weighted by molar-refractivity contribution is 9.10. The number of hydrogen-bond donors (Lipinski definition) is 1. The quantitative estimate of drug-likeness (QED) is 0.294. The molecule has 3 aromatic rings. The van der Waals surface area contributed by atoms with Gasteiger partial charge >= 0.3 is 0 Å². The molecule has 0 saturated carbocycles. The molecule has 0 heterocycles. The summed E-state index contributed by atoms with van der Waals surface area (Å²) >= 11 is 15.7. The lowest BCUT2D eigenvalue weighted by Crippen LogP contribution is -2.54. The molecule has 0 saturated heterocycles. The average Bonchev–Trinajstić information content (AvgIpc) is 2.86. The molecule has 0 bridgehead atoms. The predicted molar refractivity (Wildman–Crippen MR) is 159 cm³/mol. The first kappa shape index (κ1) is 30.9. The Labute approximate surface area is 248 Å². The van der Waals surface area contributed by atoms with E-state index in [1.54, 1.807) is 67.6 Å². The van der Waals surface area contributed by atoms with Crippen LogP contribution in [0.25, 0.3) is 0 Å². The molecule has 0 radical (unpaired) electrons. The van der Waals surface area contributed by atoms with Crippen molar-refractivity contribution < 1.29 is 18.0 Å². The summed E-state index contributed by atoms with van der Waals surface area (Å²) in [6, 6.07) is 18.6. The third-order valence-electron chi connectivity index (χ3n) is 5.71. The summed E-state index contributed by atoms with van der Waals surface area (Å²) in [5.41, 5.74) is 0.388. The van der Waals surface area contributed by atoms with E-state index in [-0.39, 0.29) is 17.3 Å². The van der Waals surface area contributed by atoms with E-state index in [4.69, 9.17) is 23.2 Å². The van der Waals surface area contributed by atoms with Crippen molar-refractivity contribution in [1.29, 1.82) is 0 Å². The highest BCUT2D eigenvalue weighted by atomic mass is 79.9. The zero-order valence-electron chi connectivity index (χ0n) is 22.0. The lowest BCUT2D eigenvalue weighted by atomic mass is 10.1. The smallest absolute Gasteiger partial charge is 0.264 e. The van der Waals surface area contributed by atoms with Gasteiger partial charge in [0, 0.05) is 16.6 Å². The van der Waals surface area contributed by atoms with Crippen LogP contribution < -0.4 is 9.62 Å². The Morgan fingerprint density at radius 2 is 1.62 bits per heavy atom. The molecule has 3 rings (SSSR count). The summed E-state index contributed by atoms with van der Waals surface area (Å²) in [7, 11) is -4.13. The monoisotopic (exact) mass is 653 g/mol. The number of sulfonamides is 1. The Hall–Kier alpha value is -2.59. The Morgan fingerprint density at radius 1 is 0.949 bits per heavy atom. The maximum Gasteiger partial charge on any atom is 0.264 e. The third-order valence-corrected chi connectivity index (χ3v) is 8.73. The van der Waals surface area contributed by atoms with Gasteiger partial charge in [0.1, 0.15) is 12.6 Å². The van der Waals surface area contributed by atoms with Gasteiger partial charge < -0.3 is 10.2 Å². The van der Waals surface area contributed by atoms with E-state index in [2.05, 4.69) is 21.2 Å². The standard InChI is InChI=1S/C28H30BrCl2N3O4S/c1-19(27(36)32-28(2,3)4)33(17-20-13-14-24(30)25(31)15-20)26(35)18-34(22-10-8-9-21(29)16-22)39(37,38)23-11-6-5-7-12-23/h5-16,19H,17-18H2,1-4H3,(H,32,36)/t19-/m1/s1. The summed E-state index contributed by atoms with van der Waals surface area (Å²) in [5.74, 6) is -0.951. The van der Waals surface area contributed by atoms with Gasteiger partial charge in [-0.2, -0.15) is 0 Å². The van der Waals surface area contributed by atoms with E-state index in [1.165, 1.54) is 17.0 Å². The van der Waals surface area contributed by atoms with Crippen LogP contribution >= 0.6 is 39.1 Å². The van der Waals surface area contributed by atoms with Gasteiger partial charge in [-0.15, -0.1) is 0 Å². The van der Waals surface area contributed by atoms with Crippen LogP contribution in [0.15, 0.2) is 82.2 Å². The van der Waals surface area contributed by atoms with Crippen LogP contribution in [0.2, 0.25) is 10.0 Å². The Morgan fingerprint density at radius 3 is 2.21 bits per heavy atom. The summed E-state index contributed by atoms with van der Waals surface area (Å²) in [6.45, 7) is 6.58. The van der Waals surface area contributed by atoms with Crippen molar-refractivity contribution in [2.45, 2.75) is 50.7 Å². The van der Waals surface area contributed by atoms with Crippen molar-refractivity contribution >= 4 is 66.7 Å².